The molecule has 31 heavy (non-hydrogen) atoms. The Kier molecular flexibility index (Phi) is 8.95. The molecule has 0 aromatic heterocycles. The third-order valence-corrected chi connectivity index (χ3v) is 5.67. The first-order valence-corrected chi connectivity index (χ1v) is 11.6. The summed E-state index contributed by atoms with van der Waals surface area (Å²) >= 11 is 0. The van der Waals surface area contributed by atoms with Gasteiger partial charge in [0, 0.05) is 29.9 Å². The molecular formula is C26H34N2O3. The van der Waals surface area contributed by atoms with Crippen LogP contribution in [0.2, 0.25) is 0 Å². The Labute approximate surface area is 185 Å². The fraction of sp³-hybridized carbons (Fsp3) is 0.462. The molecule has 1 N–H and O–H groups in total. The van der Waals surface area contributed by atoms with E-state index in [-0.39, 0.29) is 11.8 Å². The SMILES string of the molecule is CCCCCCOc1ccc(C(=O)Nc2ccc(C(=O)N3CCCCCC3)cc2)cc1. The Morgan fingerprint density at radius 1 is 0.839 bits per heavy atom. The fourth-order valence-corrected chi connectivity index (χ4v) is 3.78. The number of amides is 2. The zero-order valence-corrected chi connectivity index (χ0v) is 18.6. The summed E-state index contributed by atoms with van der Waals surface area (Å²) in [4.78, 5) is 27.2. The first-order valence-electron chi connectivity index (χ1n) is 11.6. The molecule has 1 saturated heterocycles. The second kappa shape index (κ2) is 12.1. The standard InChI is InChI=1S/C26H34N2O3/c1-2-3-4-9-20-31-24-16-12-21(13-17-24)25(29)27-23-14-10-22(11-15-23)26(30)28-18-7-5-6-8-19-28/h10-17H,2-9,18-20H2,1H3,(H,27,29). The summed E-state index contributed by atoms with van der Waals surface area (Å²) in [6, 6.07) is 14.4. The lowest BCUT2D eigenvalue weighted by molar-refractivity contribution is 0.0761. The molecule has 166 valence electrons. The number of ether oxygens (including phenoxy) is 1. The lowest BCUT2D eigenvalue weighted by atomic mass is 10.1. The van der Waals surface area contributed by atoms with Crippen LogP contribution in [0.25, 0.3) is 0 Å². The van der Waals surface area contributed by atoms with E-state index in [1.807, 2.05) is 17.0 Å². The van der Waals surface area contributed by atoms with E-state index in [9.17, 15) is 9.59 Å². The number of nitrogens with one attached hydrogen (secondary N) is 1. The number of hydrogen-bond donors (Lipinski definition) is 1. The van der Waals surface area contributed by atoms with Crippen LogP contribution in [0.5, 0.6) is 5.75 Å². The number of anilines is 1. The maximum Gasteiger partial charge on any atom is 0.255 e. The largest absolute Gasteiger partial charge is 0.494 e. The molecule has 5 heteroatoms. The van der Waals surface area contributed by atoms with Crippen molar-refractivity contribution in [3.05, 3.63) is 59.7 Å². The van der Waals surface area contributed by atoms with Gasteiger partial charge in [-0.15, -0.1) is 0 Å². The maximum absolute atomic E-state index is 12.7. The molecule has 2 amide bonds. The van der Waals surface area contributed by atoms with Crippen molar-refractivity contribution in [1.29, 1.82) is 0 Å². The van der Waals surface area contributed by atoms with Crippen molar-refractivity contribution >= 4 is 17.5 Å². The molecule has 0 unspecified atom stereocenters. The monoisotopic (exact) mass is 422 g/mol. The van der Waals surface area contributed by atoms with E-state index in [4.69, 9.17) is 4.74 Å². The minimum atomic E-state index is -0.180. The zero-order chi connectivity index (χ0) is 21.9. The van der Waals surface area contributed by atoms with Crippen LogP contribution in [0.15, 0.2) is 48.5 Å². The predicted octanol–water partition coefficient (Wildman–Crippen LogP) is 5.91. The van der Waals surface area contributed by atoms with Gasteiger partial charge in [0.2, 0.25) is 0 Å². The van der Waals surface area contributed by atoms with Crippen LogP contribution in [0.3, 0.4) is 0 Å². The number of unbranched alkanes of at least 4 members (excludes halogenated alkanes) is 3. The second-order valence-electron chi connectivity index (χ2n) is 8.17. The summed E-state index contributed by atoms with van der Waals surface area (Å²) in [6.07, 6.45) is 9.20. The third-order valence-electron chi connectivity index (χ3n) is 5.67. The van der Waals surface area contributed by atoms with Gasteiger partial charge in [-0.3, -0.25) is 9.59 Å². The van der Waals surface area contributed by atoms with Gasteiger partial charge in [0.1, 0.15) is 5.75 Å². The van der Waals surface area contributed by atoms with Crippen LogP contribution in [0.4, 0.5) is 5.69 Å². The van der Waals surface area contributed by atoms with Gasteiger partial charge in [-0.2, -0.15) is 0 Å². The highest BCUT2D eigenvalue weighted by Gasteiger charge is 2.17. The molecule has 1 aliphatic rings. The van der Waals surface area contributed by atoms with Gasteiger partial charge in [-0.05, 0) is 67.8 Å². The minimum Gasteiger partial charge on any atom is -0.494 e. The number of hydrogen-bond acceptors (Lipinski definition) is 3. The van der Waals surface area contributed by atoms with Crippen molar-refractivity contribution in [2.45, 2.75) is 58.3 Å². The Hall–Kier alpha value is -2.82. The number of benzene rings is 2. The predicted molar refractivity (Wildman–Crippen MR) is 125 cm³/mol. The van der Waals surface area contributed by atoms with Crippen molar-refractivity contribution in [2.24, 2.45) is 0 Å². The van der Waals surface area contributed by atoms with Gasteiger partial charge in [0.05, 0.1) is 6.61 Å². The van der Waals surface area contributed by atoms with Gasteiger partial charge in [0.15, 0.2) is 0 Å². The van der Waals surface area contributed by atoms with E-state index < -0.39 is 0 Å². The molecule has 0 aliphatic carbocycles. The second-order valence-corrected chi connectivity index (χ2v) is 8.17. The Morgan fingerprint density at radius 3 is 2.13 bits per heavy atom. The van der Waals surface area contributed by atoms with Gasteiger partial charge < -0.3 is 15.0 Å². The molecular weight excluding hydrogens is 388 g/mol. The van der Waals surface area contributed by atoms with Gasteiger partial charge in [-0.1, -0.05) is 39.0 Å². The van der Waals surface area contributed by atoms with E-state index in [0.717, 1.165) is 38.1 Å². The smallest absolute Gasteiger partial charge is 0.255 e. The number of rotatable bonds is 9. The van der Waals surface area contributed by atoms with Crippen molar-refractivity contribution in [1.82, 2.24) is 4.90 Å². The first kappa shape index (κ1) is 22.9. The molecule has 3 rings (SSSR count). The van der Waals surface area contributed by atoms with Crippen LogP contribution in [-0.4, -0.2) is 36.4 Å². The molecule has 5 nitrogen and oxygen atoms in total. The Morgan fingerprint density at radius 2 is 1.48 bits per heavy atom. The van der Waals surface area contributed by atoms with Crippen LogP contribution < -0.4 is 10.1 Å². The summed E-state index contributed by atoms with van der Waals surface area (Å²) in [5.41, 5.74) is 1.91. The van der Waals surface area contributed by atoms with E-state index in [1.54, 1.807) is 36.4 Å². The average Bonchev–Trinajstić information content (AvgIpc) is 3.09. The molecule has 2 aromatic rings. The zero-order valence-electron chi connectivity index (χ0n) is 18.6. The summed E-state index contributed by atoms with van der Waals surface area (Å²) in [6.45, 7) is 4.55. The summed E-state index contributed by atoms with van der Waals surface area (Å²) < 4.78 is 5.73. The summed E-state index contributed by atoms with van der Waals surface area (Å²) in [5, 5.41) is 2.90. The molecule has 0 saturated carbocycles. The molecule has 0 atom stereocenters. The van der Waals surface area contributed by atoms with Gasteiger partial charge in [0.25, 0.3) is 11.8 Å². The molecule has 1 aliphatic heterocycles. The van der Waals surface area contributed by atoms with Crippen molar-refractivity contribution in [3.8, 4) is 5.75 Å². The number of likely N-dealkylation sites (tertiary alicyclic amines) is 1. The molecule has 1 heterocycles. The van der Waals surface area contributed by atoms with Gasteiger partial charge in [-0.25, -0.2) is 0 Å². The third kappa shape index (κ3) is 7.12. The highest BCUT2D eigenvalue weighted by atomic mass is 16.5. The van der Waals surface area contributed by atoms with Crippen LogP contribution in [0.1, 0.15) is 79.0 Å². The van der Waals surface area contributed by atoms with Crippen molar-refractivity contribution < 1.29 is 14.3 Å². The quantitative estimate of drug-likeness (QED) is 0.511. The molecule has 1 fully saturated rings. The van der Waals surface area contributed by atoms with E-state index in [2.05, 4.69) is 12.2 Å². The van der Waals surface area contributed by atoms with E-state index >= 15 is 0 Å². The lowest BCUT2D eigenvalue weighted by Gasteiger charge is -2.20. The summed E-state index contributed by atoms with van der Waals surface area (Å²) in [5.74, 6) is 0.676. The van der Waals surface area contributed by atoms with Crippen LogP contribution in [0, 0.1) is 0 Å². The average molecular weight is 423 g/mol. The number of carbonyl (C=O) groups is 2. The highest BCUT2D eigenvalue weighted by molar-refractivity contribution is 6.04. The minimum absolute atomic E-state index is 0.0741. The topological polar surface area (TPSA) is 58.6 Å². The molecule has 0 bridgehead atoms. The van der Waals surface area contributed by atoms with Crippen molar-refractivity contribution in [3.63, 3.8) is 0 Å². The van der Waals surface area contributed by atoms with E-state index in [1.165, 1.54) is 32.1 Å². The number of carbonyl (C=O) groups excluding carboxylic acids is 2. The first-order chi connectivity index (χ1) is 15.2. The summed E-state index contributed by atoms with van der Waals surface area (Å²) in [7, 11) is 0. The Bertz CT molecular complexity index is 823. The highest BCUT2D eigenvalue weighted by Crippen LogP contribution is 2.18. The molecule has 2 aromatic carbocycles. The van der Waals surface area contributed by atoms with E-state index in [0.29, 0.717) is 23.4 Å². The molecule has 0 radical (unpaired) electrons. The van der Waals surface area contributed by atoms with Crippen LogP contribution in [-0.2, 0) is 0 Å². The van der Waals surface area contributed by atoms with Crippen LogP contribution >= 0.6 is 0 Å². The van der Waals surface area contributed by atoms with Crippen molar-refractivity contribution in [2.75, 3.05) is 25.0 Å². The lowest BCUT2D eigenvalue weighted by Crippen LogP contribution is -2.31. The Balaban J connectivity index is 1.50. The fourth-order valence-electron chi connectivity index (χ4n) is 3.78. The van der Waals surface area contributed by atoms with Gasteiger partial charge >= 0.3 is 0 Å². The normalized spacial score (nSPS) is 14.0. The molecule has 0 spiro atoms. The number of nitrogens with zero attached hydrogens (tertiary/aromatic N) is 1. The maximum atomic E-state index is 12.7.